The molecule has 0 saturated carbocycles. The van der Waals surface area contributed by atoms with Crippen LogP contribution in [0.4, 0.5) is 0 Å². The highest BCUT2D eigenvalue weighted by atomic mass is 16.5. The number of aromatic nitrogens is 1. The van der Waals surface area contributed by atoms with Crippen molar-refractivity contribution in [1.82, 2.24) is 15.0 Å². The number of hydrogen-bond donors (Lipinski definition) is 1. The first-order chi connectivity index (χ1) is 12.5. The summed E-state index contributed by atoms with van der Waals surface area (Å²) < 4.78 is 11.1. The molecular formula is C19H25N3O4. The number of morpholine rings is 1. The van der Waals surface area contributed by atoms with Crippen LogP contribution in [-0.4, -0.2) is 65.9 Å². The summed E-state index contributed by atoms with van der Waals surface area (Å²) in [6, 6.07) is 9.64. The van der Waals surface area contributed by atoms with Crippen LogP contribution in [0.2, 0.25) is 0 Å². The Morgan fingerprint density at radius 1 is 1.35 bits per heavy atom. The number of nitrogens with zero attached hydrogens (tertiary/aromatic N) is 3. The van der Waals surface area contributed by atoms with Crippen LogP contribution in [0.15, 0.2) is 34.9 Å². The van der Waals surface area contributed by atoms with Gasteiger partial charge in [-0.15, -0.1) is 0 Å². The first kappa shape index (κ1) is 18.6. The van der Waals surface area contributed by atoms with E-state index in [2.05, 4.69) is 5.16 Å². The van der Waals surface area contributed by atoms with Crippen molar-refractivity contribution in [1.29, 1.82) is 0 Å². The molecular weight excluding hydrogens is 334 g/mol. The van der Waals surface area contributed by atoms with Crippen LogP contribution in [-0.2, 0) is 11.3 Å². The highest BCUT2D eigenvalue weighted by Gasteiger charge is 2.38. The highest BCUT2D eigenvalue weighted by molar-refractivity contribution is 5.94. The molecule has 7 nitrogen and oxygen atoms in total. The van der Waals surface area contributed by atoms with Gasteiger partial charge in [-0.25, -0.2) is 0 Å². The first-order valence-corrected chi connectivity index (χ1v) is 8.71. The molecule has 1 amide bonds. The van der Waals surface area contributed by atoms with Gasteiger partial charge in [0.2, 0.25) is 0 Å². The van der Waals surface area contributed by atoms with Gasteiger partial charge in [0.1, 0.15) is 5.76 Å². The quantitative estimate of drug-likeness (QED) is 0.874. The molecule has 7 heteroatoms. The maximum Gasteiger partial charge on any atom is 0.277 e. The third-order valence-electron chi connectivity index (χ3n) is 4.64. The number of carbonyl (C=O) groups excluding carboxylic acids is 1. The van der Waals surface area contributed by atoms with E-state index in [0.29, 0.717) is 31.0 Å². The Morgan fingerprint density at radius 3 is 2.73 bits per heavy atom. The molecule has 0 aliphatic carbocycles. The number of rotatable bonds is 5. The molecule has 3 rings (SSSR count). The first-order valence-electron chi connectivity index (χ1n) is 8.71. The fraction of sp³-hybridized carbons (Fsp3) is 0.474. The number of benzene rings is 1. The van der Waals surface area contributed by atoms with E-state index in [1.807, 2.05) is 49.3 Å². The zero-order valence-electron chi connectivity index (χ0n) is 15.4. The van der Waals surface area contributed by atoms with Gasteiger partial charge in [0.25, 0.3) is 5.91 Å². The topological polar surface area (TPSA) is 79.0 Å². The van der Waals surface area contributed by atoms with Gasteiger partial charge in [-0.3, -0.25) is 4.79 Å². The van der Waals surface area contributed by atoms with Gasteiger partial charge in [-0.1, -0.05) is 35.5 Å². The van der Waals surface area contributed by atoms with Crippen molar-refractivity contribution in [2.75, 3.05) is 33.8 Å². The molecule has 140 valence electrons. The van der Waals surface area contributed by atoms with E-state index < -0.39 is 0 Å². The van der Waals surface area contributed by atoms with Crippen LogP contribution >= 0.6 is 0 Å². The van der Waals surface area contributed by atoms with Crippen molar-refractivity contribution in [3.05, 3.63) is 52.9 Å². The summed E-state index contributed by atoms with van der Waals surface area (Å²) >= 11 is 0. The van der Waals surface area contributed by atoms with Gasteiger partial charge in [0.05, 0.1) is 30.9 Å². The molecule has 1 aromatic carbocycles. The molecule has 26 heavy (non-hydrogen) atoms. The second kappa shape index (κ2) is 7.99. The summed E-state index contributed by atoms with van der Waals surface area (Å²) in [4.78, 5) is 17.1. The summed E-state index contributed by atoms with van der Waals surface area (Å²) in [5.41, 5.74) is 1.63. The molecule has 1 saturated heterocycles. The largest absolute Gasteiger partial charge is 0.391 e. The smallest absolute Gasteiger partial charge is 0.277 e. The Morgan fingerprint density at radius 2 is 2.08 bits per heavy atom. The lowest BCUT2D eigenvalue weighted by molar-refractivity contribution is -0.0687. The molecule has 1 N–H and O–H groups in total. The van der Waals surface area contributed by atoms with Crippen LogP contribution in [0.5, 0.6) is 0 Å². The fourth-order valence-electron chi connectivity index (χ4n) is 3.40. The Hall–Kier alpha value is -2.22. The minimum absolute atomic E-state index is 0.157. The Labute approximate surface area is 153 Å². The molecule has 1 aliphatic rings. The van der Waals surface area contributed by atoms with Crippen LogP contribution in [0.3, 0.4) is 0 Å². The predicted molar refractivity (Wildman–Crippen MR) is 95.7 cm³/mol. The maximum atomic E-state index is 13.2. The summed E-state index contributed by atoms with van der Waals surface area (Å²) in [5.74, 6) is 0.219. The minimum Gasteiger partial charge on any atom is -0.391 e. The zero-order valence-corrected chi connectivity index (χ0v) is 15.4. The van der Waals surface area contributed by atoms with Crippen LogP contribution in [0.1, 0.15) is 33.4 Å². The van der Waals surface area contributed by atoms with Crippen LogP contribution in [0, 0.1) is 6.92 Å². The van der Waals surface area contributed by atoms with E-state index in [9.17, 15) is 9.90 Å². The third kappa shape index (κ3) is 3.65. The van der Waals surface area contributed by atoms with E-state index in [1.165, 1.54) is 0 Å². The highest BCUT2D eigenvalue weighted by Crippen LogP contribution is 2.32. The number of ether oxygens (including phenoxy) is 1. The normalized spacial score (nSPS) is 20.6. The van der Waals surface area contributed by atoms with E-state index in [4.69, 9.17) is 9.26 Å². The molecule has 0 unspecified atom stereocenters. The second-order valence-electron chi connectivity index (χ2n) is 6.75. The molecule has 0 bridgehead atoms. The van der Waals surface area contributed by atoms with Crippen molar-refractivity contribution >= 4 is 5.91 Å². The van der Waals surface area contributed by atoms with Crippen molar-refractivity contribution < 1.29 is 19.2 Å². The number of likely N-dealkylation sites (N-methyl/N-ethyl adjacent to an activating group) is 1. The molecule has 1 fully saturated rings. The van der Waals surface area contributed by atoms with Gasteiger partial charge in [-0.05, 0) is 26.6 Å². The summed E-state index contributed by atoms with van der Waals surface area (Å²) in [6.45, 7) is 3.02. The van der Waals surface area contributed by atoms with E-state index >= 15 is 0 Å². The second-order valence-corrected chi connectivity index (χ2v) is 6.75. The maximum absolute atomic E-state index is 13.2. The van der Waals surface area contributed by atoms with Crippen LogP contribution in [0.25, 0.3) is 0 Å². The fourth-order valence-corrected chi connectivity index (χ4v) is 3.40. The molecule has 2 heterocycles. The van der Waals surface area contributed by atoms with E-state index in [0.717, 1.165) is 5.56 Å². The predicted octanol–water partition coefficient (Wildman–Crippen LogP) is 1.62. The standard InChI is InChI=1S/C19H25N3O4/c1-13-15(12-23)17(20-26-13)19(24)22-9-10-25-16(11-21(2)3)18(22)14-7-5-4-6-8-14/h4-8,16,18,23H,9-12H2,1-3H3/t16-,18-/m0/s1. The average molecular weight is 359 g/mol. The van der Waals surface area contributed by atoms with Crippen molar-refractivity contribution in [3.8, 4) is 0 Å². The number of hydrogen-bond acceptors (Lipinski definition) is 6. The summed E-state index contributed by atoms with van der Waals surface area (Å²) in [5, 5.41) is 13.5. The van der Waals surface area contributed by atoms with Gasteiger partial charge < -0.3 is 24.2 Å². The van der Waals surface area contributed by atoms with Gasteiger partial charge in [0, 0.05) is 13.1 Å². The van der Waals surface area contributed by atoms with Gasteiger partial charge in [0.15, 0.2) is 5.69 Å². The lowest BCUT2D eigenvalue weighted by Crippen LogP contribution is -2.51. The number of aliphatic hydroxyl groups excluding tert-OH is 1. The molecule has 0 spiro atoms. The number of aliphatic hydroxyl groups is 1. The van der Waals surface area contributed by atoms with E-state index in [-0.39, 0.29) is 30.4 Å². The molecule has 0 radical (unpaired) electrons. The lowest BCUT2D eigenvalue weighted by atomic mass is 9.96. The Balaban J connectivity index is 1.98. The summed E-state index contributed by atoms with van der Waals surface area (Å²) in [7, 11) is 3.97. The number of carbonyl (C=O) groups is 1. The number of aryl methyl sites for hydroxylation is 1. The Kier molecular flexibility index (Phi) is 5.70. The van der Waals surface area contributed by atoms with Crippen molar-refractivity contribution in [2.45, 2.75) is 25.7 Å². The minimum atomic E-state index is -0.280. The van der Waals surface area contributed by atoms with Crippen molar-refractivity contribution in [3.63, 3.8) is 0 Å². The van der Waals surface area contributed by atoms with Crippen LogP contribution < -0.4 is 0 Å². The van der Waals surface area contributed by atoms with Crippen molar-refractivity contribution in [2.24, 2.45) is 0 Å². The van der Waals surface area contributed by atoms with E-state index in [1.54, 1.807) is 11.8 Å². The SMILES string of the molecule is Cc1onc(C(=O)N2CCO[C@@H](CN(C)C)[C@@H]2c2ccccc2)c1CO. The number of amides is 1. The Bertz CT molecular complexity index is 744. The molecule has 2 aromatic rings. The average Bonchev–Trinajstić information content (AvgIpc) is 3.01. The monoisotopic (exact) mass is 359 g/mol. The molecule has 2 atom stereocenters. The zero-order chi connectivity index (χ0) is 18.7. The molecule has 1 aromatic heterocycles. The van der Waals surface area contributed by atoms with Gasteiger partial charge >= 0.3 is 0 Å². The lowest BCUT2D eigenvalue weighted by Gasteiger charge is -2.42. The van der Waals surface area contributed by atoms with Gasteiger partial charge in [-0.2, -0.15) is 0 Å². The molecule has 1 aliphatic heterocycles. The third-order valence-corrected chi connectivity index (χ3v) is 4.64. The summed E-state index contributed by atoms with van der Waals surface area (Å²) in [6.07, 6.45) is -0.157.